The van der Waals surface area contributed by atoms with E-state index in [1.165, 1.54) is 27.6 Å². The molecule has 2 aromatic heterocycles. The second kappa shape index (κ2) is 4.61. The number of rotatable bonds is 3. The third-order valence-corrected chi connectivity index (χ3v) is 3.56. The van der Waals surface area contributed by atoms with Gasteiger partial charge in [0.25, 0.3) is 0 Å². The van der Waals surface area contributed by atoms with Gasteiger partial charge >= 0.3 is 0 Å². The van der Waals surface area contributed by atoms with Crippen LogP contribution in [0.1, 0.15) is 15.3 Å². The molecule has 2 nitrogen and oxygen atoms in total. The van der Waals surface area contributed by atoms with E-state index in [0.717, 1.165) is 12.2 Å². The highest BCUT2D eigenvalue weighted by Crippen LogP contribution is 2.21. The number of anilines is 1. The molecule has 0 atom stereocenters. The Morgan fingerprint density at radius 1 is 1.38 bits per heavy atom. The fraction of sp³-hybridized carbons (Fsp3) is 0.250. The number of hydrogen-bond acceptors (Lipinski definition) is 3. The van der Waals surface area contributed by atoms with E-state index >= 15 is 0 Å². The summed E-state index contributed by atoms with van der Waals surface area (Å²) in [4.78, 5) is 6.10. The van der Waals surface area contributed by atoms with Crippen molar-refractivity contribution in [3.05, 3.63) is 45.7 Å². The van der Waals surface area contributed by atoms with E-state index in [9.17, 15) is 4.39 Å². The fourth-order valence-corrected chi connectivity index (χ4v) is 2.43. The Kier molecular flexibility index (Phi) is 3.19. The van der Waals surface area contributed by atoms with Gasteiger partial charge in [-0.3, -0.25) is 0 Å². The molecule has 2 aromatic rings. The summed E-state index contributed by atoms with van der Waals surface area (Å²) in [6.07, 6.45) is 1.46. The minimum Gasteiger partial charge on any atom is -0.380 e. The first-order chi connectivity index (χ1) is 7.65. The zero-order valence-electron chi connectivity index (χ0n) is 9.25. The van der Waals surface area contributed by atoms with Crippen LogP contribution >= 0.6 is 11.3 Å². The van der Waals surface area contributed by atoms with Crippen LogP contribution in [0, 0.1) is 19.8 Å². The first-order valence-corrected chi connectivity index (χ1v) is 5.88. The van der Waals surface area contributed by atoms with Crippen molar-refractivity contribution < 1.29 is 4.39 Å². The molecule has 0 spiro atoms. The minimum atomic E-state index is -0.455. The first-order valence-electron chi connectivity index (χ1n) is 5.06. The van der Waals surface area contributed by atoms with Crippen LogP contribution in [0.3, 0.4) is 0 Å². The summed E-state index contributed by atoms with van der Waals surface area (Å²) in [5, 5.41) is 3.17. The molecule has 2 heterocycles. The zero-order valence-corrected chi connectivity index (χ0v) is 10.1. The van der Waals surface area contributed by atoms with E-state index in [0.29, 0.717) is 0 Å². The number of hydrogen-bond donors (Lipinski definition) is 1. The second-order valence-corrected chi connectivity index (χ2v) is 5.01. The SMILES string of the molecule is Cc1cc(CNc2ccnc(F)c2)sc1C. The van der Waals surface area contributed by atoms with Crippen molar-refractivity contribution >= 4 is 17.0 Å². The van der Waals surface area contributed by atoms with Gasteiger partial charge in [-0.25, -0.2) is 4.98 Å². The Balaban J connectivity index is 2.02. The van der Waals surface area contributed by atoms with Crippen molar-refractivity contribution in [1.29, 1.82) is 0 Å². The van der Waals surface area contributed by atoms with Crippen LogP contribution in [0.2, 0.25) is 0 Å². The highest BCUT2D eigenvalue weighted by molar-refractivity contribution is 7.12. The van der Waals surface area contributed by atoms with Crippen molar-refractivity contribution in [3.63, 3.8) is 0 Å². The molecule has 0 radical (unpaired) electrons. The fourth-order valence-electron chi connectivity index (χ4n) is 1.44. The van der Waals surface area contributed by atoms with E-state index in [1.54, 1.807) is 17.4 Å². The molecule has 16 heavy (non-hydrogen) atoms. The normalized spacial score (nSPS) is 10.4. The third-order valence-electron chi connectivity index (χ3n) is 2.41. The highest BCUT2D eigenvalue weighted by Gasteiger charge is 2.01. The van der Waals surface area contributed by atoms with E-state index < -0.39 is 5.95 Å². The van der Waals surface area contributed by atoms with Crippen LogP contribution in [0.15, 0.2) is 24.4 Å². The van der Waals surface area contributed by atoms with Crippen molar-refractivity contribution in [2.45, 2.75) is 20.4 Å². The summed E-state index contributed by atoms with van der Waals surface area (Å²) in [5.41, 5.74) is 2.07. The molecule has 0 saturated carbocycles. The molecule has 4 heteroatoms. The van der Waals surface area contributed by atoms with Gasteiger partial charge in [0, 0.05) is 34.2 Å². The molecular formula is C12H13FN2S. The van der Waals surface area contributed by atoms with Crippen molar-refractivity contribution in [2.24, 2.45) is 0 Å². The third kappa shape index (κ3) is 2.58. The van der Waals surface area contributed by atoms with Crippen LogP contribution in [0.5, 0.6) is 0 Å². The molecule has 0 fully saturated rings. The van der Waals surface area contributed by atoms with Gasteiger partial charge in [-0.05, 0) is 31.5 Å². The van der Waals surface area contributed by atoms with Gasteiger partial charge in [0.2, 0.25) is 5.95 Å². The molecule has 0 aromatic carbocycles. The first kappa shape index (κ1) is 11.1. The largest absolute Gasteiger partial charge is 0.380 e. The van der Waals surface area contributed by atoms with Gasteiger partial charge in [0.15, 0.2) is 0 Å². The minimum absolute atomic E-state index is 0.455. The van der Waals surface area contributed by atoms with Gasteiger partial charge in [-0.15, -0.1) is 11.3 Å². The molecule has 84 valence electrons. The second-order valence-electron chi connectivity index (χ2n) is 3.67. The quantitative estimate of drug-likeness (QED) is 0.825. The molecule has 1 N–H and O–H groups in total. The summed E-state index contributed by atoms with van der Waals surface area (Å²) >= 11 is 1.77. The summed E-state index contributed by atoms with van der Waals surface area (Å²) < 4.78 is 12.8. The Hall–Kier alpha value is -1.42. The smallest absolute Gasteiger partial charge is 0.214 e. The Bertz CT molecular complexity index is 474. The number of nitrogens with one attached hydrogen (secondary N) is 1. The van der Waals surface area contributed by atoms with Crippen LogP contribution in [-0.4, -0.2) is 4.98 Å². The lowest BCUT2D eigenvalue weighted by Gasteiger charge is -2.03. The van der Waals surface area contributed by atoms with Gasteiger partial charge in [-0.1, -0.05) is 0 Å². The van der Waals surface area contributed by atoms with Crippen LogP contribution < -0.4 is 5.32 Å². The molecule has 0 aliphatic heterocycles. The number of aryl methyl sites for hydroxylation is 2. The number of aromatic nitrogens is 1. The van der Waals surface area contributed by atoms with Gasteiger partial charge in [-0.2, -0.15) is 4.39 Å². The van der Waals surface area contributed by atoms with Crippen molar-refractivity contribution in [3.8, 4) is 0 Å². The molecule has 0 amide bonds. The number of nitrogens with zero attached hydrogens (tertiary/aromatic N) is 1. The highest BCUT2D eigenvalue weighted by atomic mass is 32.1. The van der Waals surface area contributed by atoms with Crippen molar-refractivity contribution in [1.82, 2.24) is 4.98 Å². The molecule has 0 aliphatic rings. The Labute approximate surface area is 98.2 Å². The van der Waals surface area contributed by atoms with Gasteiger partial charge < -0.3 is 5.32 Å². The Morgan fingerprint density at radius 3 is 2.81 bits per heavy atom. The number of halogens is 1. The zero-order chi connectivity index (χ0) is 11.5. The summed E-state index contributed by atoms with van der Waals surface area (Å²) in [5.74, 6) is -0.455. The van der Waals surface area contributed by atoms with E-state index in [2.05, 4.69) is 30.2 Å². The van der Waals surface area contributed by atoms with E-state index in [4.69, 9.17) is 0 Å². The van der Waals surface area contributed by atoms with Crippen LogP contribution in [0.4, 0.5) is 10.1 Å². The average Bonchev–Trinajstić information content (AvgIpc) is 2.56. The monoisotopic (exact) mass is 236 g/mol. The van der Waals surface area contributed by atoms with Gasteiger partial charge in [0.1, 0.15) is 0 Å². The molecule has 0 bridgehead atoms. The summed E-state index contributed by atoms with van der Waals surface area (Å²) in [6.45, 7) is 4.93. The lowest BCUT2D eigenvalue weighted by atomic mass is 10.3. The lowest BCUT2D eigenvalue weighted by Crippen LogP contribution is -1.98. The maximum atomic E-state index is 12.8. The van der Waals surface area contributed by atoms with Crippen LogP contribution in [0.25, 0.3) is 0 Å². The molecule has 0 aliphatic carbocycles. The van der Waals surface area contributed by atoms with E-state index in [1.807, 2.05) is 0 Å². The number of thiophene rings is 1. The van der Waals surface area contributed by atoms with E-state index in [-0.39, 0.29) is 0 Å². The molecule has 0 saturated heterocycles. The number of pyridine rings is 1. The summed E-state index contributed by atoms with van der Waals surface area (Å²) in [6, 6.07) is 5.31. The van der Waals surface area contributed by atoms with Gasteiger partial charge in [0.05, 0.1) is 0 Å². The van der Waals surface area contributed by atoms with Crippen LogP contribution in [-0.2, 0) is 6.54 Å². The Morgan fingerprint density at radius 2 is 2.19 bits per heavy atom. The maximum absolute atomic E-state index is 12.8. The summed E-state index contributed by atoms with van der Waals surface area (Å²) in [7, 11) is 0. The molecule has 0 unspecified atom stereocenters. The molecule has 2 rings (SSSR count). The maximum Gasteiger partial charge on any atom is 0.214 e. The topological polar surface area (TPSA) is 24.9 Å². The molecular weight excluding hydrogens is 223 g/mol. The van der Waals surface area contributed by atoms with Crippen molar-refractivity contribution in [2.75, 3.05) is 5.32 Å². The predicted octanol–water partition coefficient (Wildman–Crippen LogP) is 3.51. The lowest BCUT2D eigenvalue weighted by molar-refractivity contribution is 0.584. The standard InChI is InChI=1S/C12H13FN2S/c1-8-5-11(16-9(8)2)7-15-10-3-4-14-12(13)6-10/h3-6H,7H2,1-2H3,(H,14,15). The predicted molar refractivity (Wildman–Crippen MR) is 65.3 cm³/mol. The average molecular weight is 236 g/mol.